The van der Waals surface area contributed by atoms with Crippen LogP contribution in [0.15, 0.2) is 18.2 Å². The molecule has 0 bridgehead atoms. The molecule has 1 aromatic carbocycles. The molecule has 0 aromatic heterocycles. The van der Waals surface area contributed by atoms with Crippen molar-refractivity contribution in [2.75, 3.05) is 0 Å². The number of rotatable bonds is 3. The Morgan fingerprint density at radius 3 is 2.21 bits per heavy atom. The van der Waals surface area contributed by atoms with E-state index in [9.17, 15) is 8.78 Å². The first kappa shape index (κ1) is 14.4. The smallest absolute Gasteiger partial charge is 0.163 e. The third-order valence-electron chi connectivity index (χ3n) is 4.61. The minimum absolute atomic E-state index is 0.270. The molecule has 1 aromatic rings. The van der Waals surface area contributed by atoms with Crippen LogP contribution in [0.1, 0.15) is 51.1 Å². The number of hydrogen-bond donors (Lipinski definition) is 1. The quantitative estimate of drug-likeness (QED) is 0.861. The third-order valence-corrected chi connectivity index (χ3v) is 4.61. The molecule has 2 N–H and O–H groups in total. The SMILES string of the molecule is CC(C)C1CCC(C(N)c2cccc(F)c2F)CC1. The van der Waals surface area contributed by atoms with Crippen molar-refractivity contribution in [1.82, 2.24) is 0 Å². The fraction of sp³-hybridized carbons (Fsp3) is 0.625. The van der Waals surface area contributed by atoms with Crippen molar-refractivity contribution in [2.24, 2.45) is 23.5 Å². The van der Waals surface area contributed by atoms with Gasteiger partial charge in [0.15, 0.2) is 11.6 Å². The summed E-state index contributed by atoms with van der Waals surface area (Å²) in [6.45, 7) is 4.49. The van der Waals surface area contributed by atoms with Crippen molar-refractivity contribution in [3.05, 3.63) is 35.4 Å². The number of hydrogen-bond acceptors (Lipinski definition) is 1. The Morgan fingerprint density at radius 1 is 1.05 bits per heavy atom. The van der Waals surface area contributed by atoms with E-state index in [0.29, 0.717) is 11.5 Å². The highest BCUT2D eigenvalue weighted by Crippen LogP contribution is 2.38. The van der Waals surface area contributed by atoms with Crippen LogP contribution in [0, 0.1) is 29.4 Å². The van der Waals surface area contributed by atoms with Gasteiger partial charge in [-0.2, -0.15) is 0 Å². The molecular formula is C16H23F2N. The Morgan fingerprint density at radius 2 is 1.63 bits per heavy atom. The van der Waals surface area contributed by atoms with E-state index < -0.39 is 11.6 Å². The van der Waals surface area contributed by atoms with Crippen LogP contribution >= 0.6 is 0 Å². The number of halogens is 2. The molecule has 1 aliphatic rings. The van der Waals surface area contributed by atoms with Crippen molar-refractivity contribution in [3.8, 4) is 0 Å². The fourth-order valence-corrected chi connectivity index (χ4v) is 3.20. The van der Waals surface area contributed by atoms with Gasteiger partial charge in [-0.1, -0.05) is 26.0 Å². The summed E-state index contributed by atoms with van der Waals surface area (Å²) in [5, 5.41) is 0. The van der Waals surface area contributed by atoms with Crippen LogP contribution in [0.2, 0.25) is 0 Å². The lowest BCUT2D eigenvalue weighted by Crippen LogP contribution is -2.28. The summed E-state index contributed by atoms with van der Waals surface area (Å²) >= 11 is 0. The van der Waals surface area contributed by atoms with Gasteiger partial charge < -0.3 is 5.73 Å². The van der Waals surface area contributed by atoms with Crippen molar-refractivity contribution < 1.29 is 8.78 Å². The molecular weight excluding hydrogens is 244 g/mol. The lowest BCUT2D eigenvalue weighted by Gasteiger charge is -2.34. The van der Waals surface area contributed by atoms with Crippen LogP contribution in [0.25, 0.3) is 0 Å². The Balaban J connectivity index is 2.05. The van der Waals surface area contributed by atoms with Gasteiger partial charge in [0.1, 0.15) is 0 Å². The van der Waals surface area contributed by atoms with Gasteiger partial charge >= 0.3 is 0 Å². The Kier molecular flexibility index (Phi) is 4.56. The summed E-state index contributed by atoms with van der Waals surface area (Å²) in [4.78, 5) is 0. The predicted octanol–water partition coefficient (Wildman–Crippen LogP) is 4.43. The van der Waals surface area contributed by atoms with Crippen LogP contribution in [0.5, 0.6) is 0 Å². The Hall–Kier alpha value is -0.960. The molecule has 0 aliphatic heterocycles. The molecule has 0 amide bonds. The molecule has 0 heterocycles. The summed E-state index contributed by atoms with van der Waals surface area (Å²) in [6.07, 6.45) is 4.32. The predicted molar refractivity (Wildman–Crippen MR) is 73.6 cm³/mol. The van der Waals surface area contributed by atoms with E-state index in [-0.39, 0.29) is 12.0 Å². The molecule has 1 aliphatic carbocycles. The minimum Gasteiger partial charge on any atom is -0.324 e. The monoisotopic (exact) mass is 267 g/mol. The molecule has 1 nitrogen and oxygen atoms in total. The zero-order valence-corrected chi connectivity index (χ0v) is 11.7. The van der Waals surface area contributed by atoms with Gasteiger partial charge in [0.25, 0.3) is 0 Å². The zero-order chi connectivity index (χ0) is 14.0. The van der Waals surface area contributed by atoms with Gasteiger partial charge in [0.05, 0.1) is 0 Å². The maximum absolute atomic E-state index is 13.8. The fourth-order valence-electron chi connectivity index (χ4n) is 3.20. The number of nitrogens with two attached hydrogens (primary N) is 1. The molecule has 0 spiro atoms. The average molecular weight is 267 g/mol. The van der Waals surface area contributed by atoms with E-state index >= 15 is 0 Å². The highest BCUT2D eigenvalue weighted by Gasteiger charge is 2.29. The lowest BCUT2D eigenvalue weighted by atomic mass is 9.73. The maximum Gasteiger partial charge on any atom is 0.163 e. The second kappa shape index (κ2) is 6.00. The van der Waals surface area contributed by atoms with Crippen molar-refractivity contribution >= 4 is 0 Å². The minimum atomic E-state index is -0.802. The first-order valence-corrected chi connectivity index (χ1v) is 7.20. The maximum atomic E-state index is 13.8. The molecule has 1 saturated carbocycles. The van der Waals surface area contributed by atoms with E-state index in [1.165, 1.54) is 6.07 Å². The molecule has 2 rings (SSSR count). The van der Waals surface area contributed by atoms with Gasteiger partial charge in [-0.25, -0.2) is 8.78 Å². The molecule has 1 fully saturated rings. The Bertz CT molecular complexity index is 423. The largest absolute Gasteiger partial charge is 0.324 e. The molecule has 1 unspecified atom stereocenters. The Labute approximate surface area is 114 Å². The highest BCUT2D eigenvalue weighted by molar-refractivity contribution is 5.23. The summed E-state index contributed by atoms with van der Waals surface area (Å²) in [6, 6.07) is 3.90. The van der Waals surface area contributed by atoms with E-state index in [2.05, 4.69) is 13.8 Å². The molecule has 1 atom stereocenters. The van der Waals surface area contributed by atoms with E-state index in [0.717, 1.165) is 37.7 Å². The average Bonchev–Trinajstić information content (AvgIpc) is 2.41. The summed E-state index contributed by atoms with van der Waals surface area (Å²) in [7, 11) is 0. The molecule has 0 saturated heterocycles. The van der Waals surface area contributed by atoms with Crippen molar-refractivity contribution in [2.45, 2.75) is 45.6 Å². The van der Waals surface area contributed by atoms with E-state index in [4.69, 9.17) is 5.73 Å². The standard InChI is InChI=1S/C16H23F2N/c1-10(2)11-6-8-12(9-7-11)16(19)13-4-3-5-14(17)15(13)18/h3-5,10-12,16H,6-9,19H2,1-2H3. The first-order valence-electron chi connectivity index (χ1n) is 7.20. The topological polar surface area (TPSA) is 26.0 Å². The third kappa shape index (κ3) is 3.14. The van der Waals surface area contributed by atoms with Crippen LogP contribution in [0.3, 0.4) is 0 Å². The molecule has 106 valence electrons. The lowest BCUT2D eigenvalue weighted by molar-refractivity contribution is 0.202. The van der Waals surface area contributed by atoms with Gasteiger partial charge in [-0.3, -0.25) is 0 Å². The molecule has 0 radical (unpaired) electrons. The second-order valence-electron chi connectivity index (χ2n) is 6.09. The van der Waals surface area contributed by atoms with Crippen LogP contribution < -0.4 is 5.73 Å². The second-order valence-corrected chi connectivity index (χ2v) is 6.09. The summed E-state index contributed by atoms with van der Waals surface area (Å²) < 4.78 is 27.0. The molecule has 3 heteroatoms. The zero-order valence-electron chi connectivity index (χ0n) is 11.7. The van der Waals surface area contributed by atoms with Crippen molar-refractivity contribution in [1.29, 1.82) is 0 Å². The van der Waals surface area contributed by atoms with Gasteiger partial charge in [-0.05, 0) is 49.5 Å². The van der Waals surface area contributed by atoms with Gasteiger partial charge in [0, 0.05) is 11.6 Å². The van der Waals surface area contributed by atoms with Gasteiger partial charge in [-0.15, -0.1) is 0 Å². The molecule has 19 heavy (non-hydrogen) atoms. The summed E-state index contributed by atoms with van der Waals surface area (Å²) in [5.41, 5.74) is 6.48. The first-order chi connectivity index (χ1) is 9.00. The highest BCUT2D eigenvalue weighted by atomic mass is 19.2. The van der Waals surface area contributed by atoms with Crippen LogP contribution in [-0.2, 0) is 0 Å². The van der Waals surface area contributed by atoms with Crippen LogP contribution in [0.4, 0.5) is 8.78 Å². The van der Waals surface area contributed by atoms with Crippen LogP contribution in [-0.4, -0.2) is 0 Å². The van der Waals surface area contributed by atoms with E-state index in [1.54, 1.807) is 6.07 Å². The normalized spacial score (nSPS) is 25.6. The van der Waals surface area contributed by atoms with Gasteiger partial charge in [0.2, 0.25) is 0 Å². The summed E-state index contributed by atoms with van der Waals surface area (Å²) in [5.74, 6) is 0.139. The van der Waals surface area contributed by atoms with E-state index in [1.807, 2.05) is 0 Å². The van der Waals surface area contributed by atoms with Crippen molar-refractivity contribution in [3.63, 3.8) is 0 Å². The number of benzene rings is 1.